The second kappa shape index (κ2) is 7.24. The molecule has 27 heavy (non-hydrogen) atoms. The van der Waals surface area contributed by atoms with E-state index in [1.807, 2.05) is 18.2 Å². The van der Waals surface area contributed by atoms with Crippen LogP contribution in [0.1, 0.15) is 12.5 Å². The van der Waals surface area contributed by atoms with Gasteiger partial charge in [0.2, 0.25) is 0 Å². The van der Waals surface area contributed by atoms with Gasteiger partial charge < -0.3 is 4.74 Å². The lowest BCUT2D eigenvalue weighted by Crippen LogP contribution is -1.88. The van der Waals surface area contributed by atoms with Crippen molar-refractivity contribution in [2.24, 2.45) is 0 Å². The van der Waals surface area contributed by atoms with Gasteiger partial charge in [0.05, 0.1) is 7.11 Å². The predicted octanol–water partition coefficient (Wildman–Crippen LogP) is 6.88. The molecule has 0 fully saturated rings. The lowest BCUT2D eigenvalue weighted by molar-refractivity contribution is 0.386. The van der Waals surface area contributed by atoms with E-state index < -0.39 is 0 Å². The Morgan fingerprint density at radius 1 is 0.667 bits per heavy atom. The molecule has 0 unspecified atom stereocenters. The summed E-state index contributed by atoms with van der Waals surface area (Å²) in [7, 11) is 1.47. The molecule has 0 N–H and O–H groups in total. The molecule has 134 valence electrons. The van der Waals surface area contributed by atoms with Crippen LogP contribution in [0.2, 0.25) is 0 Å². The molecule has 0 radical (unpaired) electrons. The Morgan fingerprint density at radius 2 is 1.22 bits per heavy atom. The van der Waals surface area contributed by atoms with Crippen molar-refractivity contribution in [1.29, 1.82) is 0 Å². The summed E-state index contributed by atoms with van der Waals surface area (Å²) in [5.74, 6) is -0.0854. The van der Waals surface area contributed by atoms with Crippen molar-refractivity contribution in [3.8, 4) is 28.0 Å². The molecule has 4 aromatic carbocycles. The molecule has 0 aliphatic rings. The van der Waals surface area contributed by atoms with E-state index in [0.717, 1.165) is 23.1 Å². The van der Waals surface area contributed by atoms with Crippen LogP contribution in [0.3, 0.4) is 0 Å². The van der Waals surface area contributed by atoms with Gasteiger partial charge in [0.15, 0.2) is 11.6 Å². The largest absolute Gasteiger partial charge is 0.494 e. The number of ether oxygens (including phenoxy) is 1. The summed E-state index contributed by atoms with van der Waals surface area (Å²) in [4.78, 5) is 0. The third-order valence-electron chi connectivity index (χ3n) is 5.02. The molecule has 0 heterocycles. The number of benzene rings is 4. The van der Waals surface area contributed by atoms with Gasteiger partial charge in [0, 0.05) is 0 Å². The minimum absolute atomic E-state index is 0.262. The molecule has 0 saturated heterocycles. The Hall–Kier alpha value is -3.13. The minimum Gasteiger partial charge on any atom is -0.494 e. The van der Waals surface area contributed by atoms with Crippen LogP contribution < -0.4 is 4.74 Å². The van der Waals surface area contributed by atoms with Crippen LogP contribution >= 0.6 is 0 Å². The van der Waals surface area contributed by atoms with E-state index in [4.69, 9.17) is 4.74 Å². The molecular formula is C25H21FO. The molecule has 1 nitrogen and oxygen atoms in total. The number of aryl methyl sites for hydroxylation is 1. The van der Waals surface area contributed by atoms with Crippen molar-refractivity contribution in [3.05, 3.63) is 90.2 Å². The van der Waals surface area contributed by atoms with E-state index in [0.29, 0.717) is 0 Å². The monoisotopic (exact) mass is 356 g/mol. The van der Waals surface area contributed by atoms with E-state index >= 15 is 0 Å². The zero-order chi connectivity index (χ0) is 18.8. The quantitative estimate of drug-likeness (QED) is 0.387. The first-order valence-electron chi connectivity index (χ1n) is 9.15. The number of halogens is 1. The summed E-state index contributed by atoms with van der Waals surface area (Å²) in [6.45, 7) is 2.17. The van der Waals surface area contributed by atoms with Crippen molar-refractivity contribution < 1.29 is 9.13 Å². The van der Waals surface area contributed by atoms with Gasteiger partial charge >= 0.3 is 0 Å². The molecular weight excluding hydrogens is 335 g/mol. The summed E-state index contributed by atoms with van der Waals surface area (Å²) in [5, 5.41) is 2.51. The average Bonchev–Trinajstić information content (AvgIpc) is 2.73. The van der Waals surface area contributed by atoms with Crippen molar-refractivity contribution in [3.63, 3.8) is 0 Å². The van der Waals surface area contributed by atoms with Gasteiger partial charge in [-0.15, -0.1) is 0 Å². The van der Waals surface area contributed by atoms with Crippen molar-refractivity contribution in [2.45, 2.75) is 13.3 Å². The van der Waals surface area contributed by atoms with Crippen molar-refractivity contribution >= 4 is 10.8 Å². The van der Waals surface area contributed by atoms with Crippen LogP contribution in [0.5, 0.6) is 5.75 Å². The van der Waals surface area contributed by atoms with Crippen LogP contribution in [-0.2, 0) is 6.42 Å². The summed E-state index contributed by atoms with van der Waals surface area (Å²) < 4.78 is 18.9. The molecule has 0 atom stereocenters. The lowest BCUT2D eigenvalue weighted by Gasteiger charge is -2.08. The van der Waals surface area contributed by atoms with E-state index in [-0.39, 0.29) is 11.6 Å². The highest BCUT2D eigenvalue weighted by Crippen LogP contribution is 2.29. The van der Waals surface area contributed by atoms with E-state index in [2.05, 4.69) is 55.5 Å². The van der Waals surface area contributed by atoms with E-state index in [1.54, 1.807) is 6.07 Å². The van der Waals surface area contributed by atoms with Gasteiger partial charge in [0.25, 0.3) is 0 Å². The van der Waals surface area contributed by atoms with Gasteiger partial charge in [0.1, 0.15) is 0 Å². The smallest absolute Gasteiger partial charge is 0.165 e. The second-order valence-corrected chi connectivity index (χ2v) is 6.68. The number of rotatable bonds is 4. The molecule has 0 amide bonds. The number of methoxy groups -OCH3 is 1. The maximum atomic E-state index is 14.0. The topological polar surface area (TPSA) is 9.23 Å². The molecule has 0 aliphatic carbocycles. The third kappa shape index (κ3) is 3.43. The van der Waals surface area contributed by atoms with Gasteiger partial charge in [-0.1, -0.05) is 67.6 Å². The fourth-order valence-corrected chi connectivity index (χ4v) is 3.40. The van der Waals surface area contributed by atoms with Gasteiger partial charge in [-0.05, 0) is 63.2 Å². The maximum absolute atomic E-state index is 14.0. The van der Waals surface area contributed by atoms with E-state index in [1.165, 1.54) is 35.1 Å². The molecule has 0 saturated carbocycles. The Kier molecular flexibility index (Phi) is 4.64. The minimum atomic E-state index is -0.347. The SMILES string of the molecule is CCc1ccc2cc(-c3ccc(-c4ccc(OC)c(F)c4)cc3)ccc2c1. The van der Waals surface area contributed by atoms with Crippen LogP contribution in [-0.4, -0.2) is 7.11 Å². The molecule has 0 aromatic heterocycles. The summed E-state index contributed by atoms with van der Waals surface area (Å²) in [5.41, 5.74) is 5.50. The van der Waals surface area contributed by atoms with Gasteiger partial charge in [-0.2, -0.15) is 0 Å². The summed E-state index contributed by atoms with van der Waals surface area (Å²) >= 11 is 0. The first-order valence-corrected chi connectivity index (χ1v) is 9.15. The maximum Gasteiger partial charge on any atom is 0.165 e. The van der Waals surface area contributed by atoms with Crippen molar-refractivity contribution in [1.82, 2.24) is 0 Å². The number of hydrogen-bond donors (Lipinski definition) is 0. The third-order valence-corrected chi connectivity index (χ3v) is 5.02. The number of hydrogen-bond acceptors (Lipinski definition) is 1. The second-order valence-electron chi connectivity index (χ2n) is 6.68. The molecule has 0 aliphatic heterocycles. The summed E-state index contributed by atoms with van der Waals surface area (Å²) in [6.07, 6.45) is 1.05. The van der Waals surface area contributed by atoms with Crippen LogP contribution in [0.15, 0.2) is 78.9 Å². The first kappa shape index (κ1) is 17.3. The van der Waals surface area contributed by atoms with E-state index in [9.17, 15) is 4.39 Å². The molecule has 0 bridgehead atoms. The molecule has 4 rings (SSSR count). The van der Waals surface area contributed by atoms with Gasteiger partial charge in [-0.25, -0.2) is 4.39 Å². The lowest BCUT2D eigenvalue weighted by atomic mass is 9.97. The average molecular weight is 356 g/mol. The van der Waals surface area contributed by atoms with Crippen LogP contribution in [0.4, 0.5) is 4.39 Å². The Balaban J connectivity index is 1.65. The highest BCUT2D eigenvalue weighted by molar-refractivity contribution is 5.88. The summed E-state index contributed by atoms with van der Waals surface area (Å²) in [6, 6.07) is 26.4. The normalized spacial score (nSPS) is 10.9. The Morgan fingerprint density at radius 3 is 1.85 bits per heavy atom. The zero-order valence-electron chi connectivity index (χ0n) is 15.5. The zero-order valence-corrected chi connectivity index (χ0v) is 15.5. The standard InChI is InChI=1S/C25H21FO/c1-3-17-4-5-22-15-21(11-10-20(22)14-17)18-6-8-19(9-7-18)23-12-13-25(27-2)24(26)16-23/h4-16H,3H2,1-2H3. The Labute approximate surface area is 159 Å². The fourth-order valence-electron chi connectivity index (χ4n) is 3.40. The molecule has 4 aromatic rings. The fraction of sp³-hybridized carbons (Fsp3) is 0.120. The number of fused-ring (bicyclic) bond motifs is 1. The van der Waals surface area contributed by atoms with Crippen LogP contribution in [0, 0.1) is 5.82 Å². The highest BCUT2D eigenvalue weighted by Gasteiger charge is 2.06. The van der Waals surface area contributed by atoms with Crippen molar-refractivity contribution in [2.75, 3.05) is 7.11 Å². The van der Waals surface area contributed by atoms with Crippen LogP contribution in [0.25, 0.3) is 33.0 Å². The first-order chi connectivity index (χ1) is 13.2. The molecule has 0 spiro atoms. The Bertz CT molecular complexity index is 1100. The molecule has 2 heteroatoms. The van der Waals surface area contributed by atoms with Gasteiger partial charge in [-0.3, -0.25) is 0 Å². The predicted molar refractivity (Wildman–Crippen MR) is 111 cm³/mol. The highest BCUT2D eigenvalue weighted by atomic mass is 19.1.